The molecule has 78 valence electrons. The lowest BCUT2D eigenvalue weighted by atomic mass is 10.5. The summed E-state index contributed by atoms with van der Waals surface area (Å²) in [4.78, 5) is 16.3. The van der Waals surface area contributed by atoms with Crippen molar-refractivity contribution in [1.82, 2.24) is 10.3 Å². The molecule has 1 rings (SSSR count). The largest absolute Gasteiger partial charge is 0.447 e. The summed E-state index contributed by atoms with van der Waals surface area (Å²) < 4.78 is 4.91. The van der Waals surface area contributed by atoms with Crippen LogP contribution in [0.2, 0.25) is 0 Å². The average Bonchev–Trinajstić information content (AvgIpc) is 2.47. The molecule has 0 radical (unpaired) electrons. The molecule has 0 aromatic carbocycles. The van der Waals surface area contributed by atoms with E-state index in [9.17, 15) is 4.79 Å². The summed E-state index contributed by atoms with van der Waals surface area (Å²) in [6.07, 6.45) is 1.30. The minimum absolute atomic E-state index is 0.0898. The van der Waals surface area contributed by atoms with E-state index in [1.807, 2.05) is 20.8 Å². The molecule has 1 amide bonds. The fraction of sp³-hybridized carbons (Fsp3) is 0.556. The molecule has 0 spiro atoms. The van der Waals surface area contributed by atoms with Gasteiger partial charge in [0.15, 0.2) is 0 Å². The molecule has 0 aliphatic rings. The van der Waals surface area contributed by atoms with E-state index < -0.39 is 6.09 Å². The fourth-order valence-corrected chi connectivity index (χ4v) is 1.61. The van der Waals surface area contributed by atoms with Crippen molar-refractivity contribution < 1.29 is 9.53 Å². The number of hydrogen-bond donors (Lipinski definition) is 1. The second kappa shape index (κ2) is 4.95. The lowest BCUT2D eigenvalue weighted by molar-refractivity contribution is 0.115. The lowest BCUT2D eigenvalue weighted by Gasteiger charge is -2.07. The van der Waals surface area contributed by atoms with Crippen LogP contribution in [0, 0.1) is 6.92 Å². The maximum atomic E-state index is 11.1. The van der Waals surface area contributed by atoms with Gasteiger partial charge in [0.2, 0.25) is 0 Å². The number of ether oxygens (including phenoxy) is 1. The molecule has 0 fully saturated rings. The molecule has 4 nitrogen and oxygen atoms in total. The minimum Gasteiger partial charge on any atom is -0.447 e. The SMILES string of the molecule is Cc1cnc(CNC(=O)OC(C)C)s1. The van der Waals surface area contributed by atoms with Crippen LogP contribution in [0.4, 0.5) is 4.79 Å². The first-order valence-electron chi connectivity index (χ1n) is 4.43. The summed E-state index contributed by atoms with van der Waals surface area (Å²) in [6, 6.07) is 0. The average molecular weight is 214 g/mol. The van der Waals surface area contributed by atoms with E-state index in [0.29, 0.717) is 6.54 Å². The molecular weight excluding hydrogens is 200 g/mol. The van der Waals surface area contributed by atoms with Gasteiger partial charge in [-0.25, -0.2) is 9.78 Å². The number of carbonyl (C=O) groups excluding carboxylic acids is 1. The summed E-state index contributed by atoms with van der Waals surface area (Å²) in [6.45, 7) is 6.04. The Labute approximate surface area is 87.3 Å². The normalized spacial score (nSPS) is 10.3. The Balaban J connectivity index is 2.30. The summed E-state index contributed by atoms with van der Waals surface area (Å²) in [5.41, 5.74) is 0. The highest BCUT2D eigenvalue weighted by Crippen LogP contribution is 2.10. The molecule has 14 heavy (non-hydrogen) atoms. The van der Waals surface area contributed by atoms with Crippen molar-refractivity contribution in [3.8, 4) is 0 Å². The van der Waals surface area contributed by atoms with Gasteiger partial charge in [-0.05, 0) is 20.8 Å². The first-order chi connectivity index (χ1) is 6.58. The summed E-state index contributed by atoms with van der Waals surface area (Å²) in [5, 5.41) is 3.52. The van der Waals surface area contributed by atoms with Crippen molar-refractivity contribution in [3.63, 3.8) is 0 Å². The van der Waals surface area contributed by atoms with Crippen LogP contribution in [0.25, 0.3) is 0 Å². The van der Waals surface area contributed by atoms with Gasteiger partial charge in [0.1, 0.15) is 5.01 Å². The van der Waals surface area contributed by atoms with Crippen LogP contribution in [0.15, 0.2) is 6.20 Å². The van der Waals surface area contributed by atoms with Crippen LogP contribution in [0.3, 0.4) is 0 Å². The summed E-state index contributed by atoms with van der Waals surface area (Å²) in [5.74, 6) is 0. The smallest absolute Gasteiger partial charge is 0.407 e. The van der Waals surface area contributed by atoms with Crippen molar-refractivity contribution >= 4 is 17.4 Å². The molecule has 0 unspecified atom stereocenters. The Kier molecular flexibility index (Phi) is 3.88. The fourth-order valence-electron chi connectivity index (χ4n) is 0.887. The van der Waals surface area contributed by atoms with Crippen LogP contribution in [0.5, 0.6) is 0 Å². The highest BCUT2D eigenvalue weighted by atomic mass is 32.1. The van der Waals surface area contributed by atoms with Crippen molar-refractivity contribution in [3.05, 3.63) is 16.1 Å². The monoisotopic (exact) mass is 214 g/mol. The van der Waals surface area contributed by atoms with Gasteiger partial charge in [0.25, 0.3) is 0 Å². The van der Waals surface area contributed by atoms with Gasteiger partial charge >= 0.3 is 6.09 Å². The van der Waals surface area contributed by atoms with Gasteiger partial charge in [-0.3, -0.25) is 0 Å². The molecule has 0 saturated heterocycles. The molecule has 0 aliphatic heterocycles. The quantitative estimate of drug-likeness (QED) is 0.838. The van der Waals surface area contributed by atoms with Gasteiger partial charge in [0, 0.05) is 11.1 Å². The van der Waals surface area contributed by atoms with E-state index >= 15 is 0 Å². The molecular formula is C9H14N2O2S. The van der Waals surface area contributed by atoms with Crippen molar-refractivity contribution in [2.24, 2.45) is 0 Å². The Hall–Kier alpha value is -1.10. The van der Waals surface area contributed by atoms with Gasteiger partial charge in [-0.15, -0.1) is 11.3 Å². The number of amides is 1. The number of aromatic nitrogens is 1. The summed E-state index contributed by atoms with van der Waals surface area (Å²) in [7, 11) is 0. The van der Waals surface area contributed by atoms with Crippen molar-refractivity contribution in [2.75, 3.05) is 0 Å². The molecule has 5 heteroatoms. The number of hydrogen-bond acceptors (Lipinski definition) is 4. The second-order valence-electron chi connectivity index (χ2n) is 3.17. The highest BCUT2D eigenvalue weighted by molar-refractivity contribution is 7.11. The molecule has 0 aliphatic carbocycles. The number of rotatable bonds is 3. The topological polar surface area (TPSA) is 51.2 Å². The third-order valence-corrected chi connectivity index (χ3v) is 2.31. The number of nitrogens with one attached hydrogen (secondary N) is 1. The predicted octanol–water partition coefficient (Wildman–Crippen LogP) is 2.09. The van der Waals surface area contributed by atoms with Gasteiger partial charge < -0.3 is 10.1 Å². The van der Waals surface area contributed by atoms with E-state index in [2.05, 4.69) is 10.3 Å². The highest BCUT2D eigenvalue weighted by Gasteiger charge is 2.05. The minimum atomic E-state index is -0.396. The van der Waals surface area contributed by atoms with E-state index in [4.69, 9.17) is 4.74 Å². The van der Waals surface area contributed by atoms with E-state index in [1.165, 1.54) is 0 Å². The zero-order chi connectivity index (χ0) is 10.6. The summed E-state index contributed by atoms with van der Waals surface area (Å²) >= 11 is 1.57. The molecule has 1 heterocycles. The molecule has 0 atom stereocenters. The van der Waals surface area contributed by atoms with Gasteiger partial charge in [-0.1, -0.05) is 0 Å². The van der Waals surface area contributed by atoms with Crippen molar-refractivity contribution in [1.29, 1.82) is 0 Å². The lowest BCUT2D eigenvalue weighted by Crippen LogP contribution is -2.26. The van der Waals surface area contributed by atoms with E-state index in [0.717, 1.165) is 9.88 Å². The van der Waals surface area contributed by atoms with Gasteiger partial charge in [-0.2, -0.15) is 0 Å². The Morgan fingerprint density at radius 1 is 1.71 bits per heavy atom. The standard InChI is InChI=1S/C9H14N2O2S/c1-6(2)13-9(12)11-5-8-10-4-7(3)14-8/h4,6H,5H2,1-3H3,(H,11,12). The third-order valence-electron chi connectivity index (χ3n) is 1.40. The van der Waals surface area contributed by atoms with Crippen LogP contribution in [-0.2, 0) is 11.3 Å². The Bertz CT molecular complexity index is 310. The molecule has 0 bridgehead atoms. The van der Waals surface area contributed by atoms with Crippen LogP contribution in [0.1, 0.15) is 23.7 Å². The number of nitrogens with zero attached hydrogens (tertiary/aromatic N) is 1. The third kappa shape index (κ3) is 3.74. The maximum Gasteiger partial charge on any atom is 0.407 e. The predicted molar refractivity (Wildman–Crippen MR) is 55.3 cm³/mol. The number of aryl methyl sites for hydroxylation is 1. The van der Waals surface area contributed by atoms with Crippen LogP contribution < -0.4 is 5.32 Å². The van der Waals surface area contributed by atoms with Crippen LogP contribution in [-0.4, -0.2) is 17.2 Å². The zero-order valence-electron chi connectivity index (χ0n) is 8.53. The molecule has 1 aromatic heterocycles. The number of alkyl carbamates (subject to hydrolysis) is 1. The first-order valence-corrected chi connectivity index (χ1v) is 5.25. The second-order valence-corrected chi connectivity index (χ2v) is 4.49. The Morgan fingerprint density at radius 3 is 2.93 bits per heavy atom. The number of carbonyl (C=O) groups is 1. The molecule has 1 aromatic rings. The van der Waals surface area contributed by atoms with E-state index in [-0.39, 0.29) is 6.10 Å². The Morgan fingerprint density at radius 2 is 2.43 bits per heavy atom. The maximum absolute atomic E-state index is 11.1. The molecule has 0 saturated carbocycles. The molecule has 1 N–H and O–H groups in total. The first kappa shape index (κ1) is 11.0. The van der Waals surface area contributed by atoms with Crippen LogP contribution >= 0.6 is 11.3 Å². The number of thiazole rings is 1. The zero-order valence-corrected chi connectivity index (χ0v) is 9.35. The van der Waals surface area contributed by atoms with Gasteiger partial charge in [0.05, 0.1) is 12.6 Å². The van der Waals surface area contributed by atoms with E-state index in [1.54, 1.807) is 17.5 Å². The van der Waals surface area contributed by atoms with Crippen molar-refractivity contribution in [2.45, 2.75) is 33.4 Å².